The first-order valence-electron chi connectivity index (χ1n) is 4.56. The molecule has 16 heavy (non-hydrogen) atoms. The highest BCUT2D eigenvalue weighted by atomic mass is 35.5. The van der Waals surface area contributed by atoms with Crippen molar-refractivity contribution in [2.45, 2.75) is 5.60 Å². The Bertz CT molecular complexity index is 393. The second-order valence-electron chi connectivity index (χ2n) is 3.27. The molecule has 2 N–H and O–H groups in total. The molecule has 1 atom stereocenters. The molecule has 0 aromatic heterocycles. The number of hydrogen-bond acceptors (Lipinski definition) is 2. The summed E-state index contributed by atoms with van der Waals surface area (Å²) in [5.41, 5.74) is -0.940. The van der Waals surface area contributed by atoms with Gasteiger partial charge in [-0.2, -0.15) is 0 Å². The maximum atomic E-state index is 10.2. The van der Waals surface area contributed by atoms with Crippen LogP contribution in [0.1, 0.15) is 5.56 Å². The maximum absolute atomic E-state index is 10.2. The van der Waals surface area contributed by atoms with Crippen molar-refractivity contribution in [2.24, 2.45) is 0 Å². The lowest BCUT2D eigenvalue weighted by Gasteiger charge is -2.23. The van der Waals surface area contributed by atoms with Gasteiger partial charge in [-0.3, -0.25) is 0 Å². The van der Waals surface area contributed by atoms with Crippen LogP contribution in [-0.2, 0) is 5.60 Å². The van der Waals surface area contributed by atoms with Crippen molar-refractivity contribution >= 4 is 34.8 Å². The molecule has 5 heteroatoms. The van der Waals surface area contributed by atoms with E-state index in [1.807, 2.05) is 0 Å². The smallest absolute Gasteiger partial charge is 0.123 e. The fourth-order valence-corrected chi connectivity index (χ4v) is 2.10. The SMILES string of the molecule is OC/C=C\C(O)(CCl)c1ccc(Cl)cc1Cl. The number of halogens is 3. The molecule has 0 aliphatic heterocycles. The van der Waals surface area contributed by atoms with E-state index in [-0.39, 0.29) is 12.5 Å². The Morgan fingerprint density at radius 2 is 2.00 bits per heavy atom. The number of hydrogen-bond donors (Lipinski definition) is 2. The molecule has 2 nitrogen and oxygen atoms in total. The van der Waals surface area contributed by atoms with Crippen LogP contribution in [0.25, 0.3) is 0 Å². The number of benzene rings is 1. The van der Waals surface area contributed by atoms with E-state index < -0.39 is 5.60 Å². The Balaban J connectivity index is 3.17. The van der Waals surface area contributed by atoms with Crippen LogP contribution in [0.3, 0.4) is 0 Å². The molecule has 0 fully saturated rings. The normalized spacial score (nSPS) is 15.3. The van der Waals surface area contributed by atoms with Crippen LogP contribution < -0.4 is 0 Å². The van der Waals surface area contributed by atoms with Crippen LogP contribution >= 0.6 is 34.8 Å². The molecule has 0 saturated heterocycles. The lowest BCUT2D eigenvalue weighted by Crippen LogP contribution is -2.25. The molecule has 0 heterocycles. The number of aliphatic hydroxyl groups excluding tert-OH is 1. The van der Waals surface area contributed by atoms with Crippen LogP contribution in [0.4, 0.5) is 0 Å². The van der Waals surface area contributed by atoms with Gasteiger partial charge >= 0.3 is 0 Å². The van der Waals surface area contributed by atoms with Gasteiger partial charge < -0.3 is 10.2 Å². The quantitative estimate of drug-likeness (QED) is 0.658. The zero-order valence-corrected chi connectivity index (χ0v) is 10.6. The lowest BCUT2D eigenvalue weighted by atomic mass is 9.95. The van der Waals surface area contributed by atoms with E-state index in [2.05, 4.69) is 0 Å². The van der Waals surface area contributed by atoms with Crippen molar-refractivity contribution in [3.8, 4) is 0 Å². The molecular formula is C11H11Cl3O2. The summed E-state index contributed by atoms with van der Waals surface area (Å²) >= 11 is 17.4. The summed E-state index contributed by atoms with van der Waals surface area (Å²) in [5.74, 6) is -0.0646. The van der Waals surface area contributed by atoms with Gasteiger partial charge in [0.25, 0.3) is 0 Å². The van der Waals surface area contributed by atoms with Crippen molar-refractivity contribution in [1.29, 1.82) is 0 Å². The maximum Gasteiger partial charge on any atom is 0.123 e. The van der Waals surface area contributed by atoms with E-state index in [0.29, 0.717) is 15.6 Å². The fraction of sp³-hybridized carbons (Fsp3) is 0.273. The van der Waals surface area contributed by atoms with Gasteiger partial charge in [-0.15, -0.1) is 11.6 Å². The molecule has 0 saturated carbocycles. The highest BCUT2D eigenvalue weighted by Gasteiger charge is 2.27. The first kappa shape index (κ1) is 13.8. The second kappa shape index (κ2) is 5.89. The van der Waals surface area contributed by atoms with E-state index in [9.17, 15) is 5.11 Å². The van der Waals surface area contributed by atoms with E-state index in [4.69, 9.17) is 39.9 Å². The lowest BCUT2D eigenvalue weighted by molar-refractivity contribution is 0.114. The standard InChI is InChI=1S/C11H11Cl3O2/c12-7-11(16,4-1-5-15)9-3-2-8(13)6-10(9)14/h1-4,6,15-16H,5,7H2/b4-1-. The van der Waals surface area contributed by atoms with Gasteiger partial charge in [0.05, 0.1) is 12.5 Å². The third kappa shape index (κ3) is 3.12. The highest BCUT2D eigenvalue weighted by Crippen LogP contribution is 2.32. The largest absolute Gasteiger partial charge is 0.392 e. The summed E-state index contributed by atoms with van der Waals surface area (Å²) in [6, 6.07) is 4.75. The van der Waals surface area contributed by atoms with E-state index in [1.54, 1.807) is 12.1 Å². The van der Waals surface area contributed by atoms with Gasteiger partial charge in [-0.05, 0) is 18.2 Å². The molecule has 1 aromatic rings. The van der Waals surface area contributed by atoms with Gasteiger partial charge in [0.2, 0.25) is 0 Å². The fourth-order valence-electron chi connectivity index (χ4n) is 1.29. The Morgan fingerprint density at radius 3 is 2.50 bits per heavy atom. The second-order valence-corrected chi connectivity index (χ2v) is 4.38. The topological polar surface area (TPSA) is 40.5 Å². The average molecular weight is 282 g/mol. The van der Waals surface area contributed by atoms with Crippen molar-refractivity contribution in [1.82, 2.24) is 0 Å². The Kier molecular flexibility index (Phi) is 5.09. The molecule has 0 aliphatic carbocycles. The molecule has 0 amide bonds. The van der Waals surface area contributed by atoms with Crippen molar-refractivity contribution in [3.63, 3.8) is 0 Å². The average Bonchev–Trinajstić information content (AvgIpc) is 2.26. The van der Waals surface area contributed by atoms with Gasteiger partial charge in [0, 0.05) is 15.6 Å². The predicted molar refractivity (Wildman–Crippen MR) is 67.3 cm³/mol. The third-order valence-corrected chi connectivity index (χ3v) is 3.06. The van der Waals surface area contributed by atoms with Gasteiger partial charge in [0.15, 0.2) is 0 Å². The minimum atomic E-state index is -1.40. The van der Waals surface area contributed by atoms with Crippen molar-refractivity contribution < 1.29 is 10.2 Å². The molecule has 1 aromatic carbocycles. The van der Waals surface area contributed by atoms with Crippen molar-refractivity contribution in [3.05, 3.63) is 46.0 Å². The number of rotatable bonds is 4. The summed E-state index contributed by atoms with van der Waals surface area (Å²) in [5, 5.41) is 19.7. The van der Waals surface area contributed by atoms with E-state index in [0.717, 1.165) is 0 Å². The minimum Gasteiger partial charge on any atom is -0.392 e. The molecule has 88 valence electrons. The molecule has 0 radical (unpaired) electrons. The van der Waals surface area contributed by atoms with Crippen molar-refractivity contribution in [2.75, 3.05) is 12.5 Å². The molecule has 0 aliphatic rings. The zero-order valence-electron chi connectivity index (χ0n) is 8.33. The van der Waals surface area contributed by atoms with Crippen LogP contribution in [0.5, 0.6) is 0 Å². The summed E-state index contributed by atoms with van der Waals surface area (Å²) in [6.45, 7) is -0.176. The monoisotopic (exact) mass is 280 g/mol. The van der Waals surface area contributed by atoms with Crippen LogP contribution in [-0.4, -0.2) is 22.7 Å². The van der Waals surface area contributed by atoms with E-state index in [1.165, 1.54) is 18.2 Å². The first-order chi connectivity index (χ1) is 7.53. The van der Waals surface area contributed by atoms with Crippen LogP contribution in [0.2, 0.25) is 10.0 Å². The number of aliphatic hydroxyl groups is 2. The predicted octanol–water partition coefficient (Wildman–Crippen LogP) is 2.97. The first-order valence-corrected chi connectivity index (χ1v) is 5.85. The van der Waals surface area contributed by atoms with Crippen LogP contribution in [0.15, 0.2) is 30.4 Å². The Hall–Kier alpha value is -0.250. The third-order valence-electron chi connectivity index (χ3n) is 2.10. The van der Waals surface area contributed by atoms with Gasteiger partial charge in [-0.1, -0.05) is 35.3 Å². The molecular weight excluding hydrogens is 270 g/mol. The molecule has 0 spiro atoms. The molecule has 1 rings (SSSR count). The van der Waals surface area contributed by atoms with Crippen LogP contribution in [0, 0.1) is 0 Å². The van der Waals surface area contributed by atoms with Gasteiger partial charge in [-0.25, -0.2) is 0 Å². The number of alkyl halides is 1. The Labute approximate surface area is 109 Å². The zero-order chi connectivity index (χ0) is 12.2. The summed E-state index contributed by atoms with van der Waals surface area (Å²) in [7, 11) is 0. The summed E-state index contributed by atoms with van der Waals surface area (Å²) in [6.07, 6.45) is 2.82. The van der Waals surface area contributed by atoms with Gasteiger partial charge in [0.1, 0.15) is 5.60 Å². The summed E-state index contributed by atoms with van der Waals surface area (Å²) < 4.78 is 0. The molecule has 1 unspecified atom stereocenters. The Morgan fingerprint density at radius 1 is 1.31 bits per heavy atom. The molecule has 0 bridgehead atoms. The summed E-state index contributed by atoms with van der Waals surface area (Å²) in [4.78, 5) is 0. The minimum absolute atomic E-state index is 0.0646. The van der Waals surface area contributed by atoms with E-state index >= 15 is 0 Å². The highest BCUT2D eigenvalue weighted by molar-refractivity contribution is 6.35.